The normalized spacial score (nSPS) is 11.8. The monoisotopic (exact) mass is 310 g/mol. The Hall–Kier alpha value is -0.270. The Kier molecular flexibility index (Phi) is 7.55. The van der Waals surface area contributed by atoms with E-state index in [1.54, 1.807) is 18.2 Å². The second-order valence-electron chi connectivity index (χ2n) is 5.37. The van der Waals surface area contributed by atoms with E-state index in [4.69, 9.17) is 9.29 Å². The first kappa shape index (κ1) is 19.7. The van der Waals surface area contributed by atoms with Gasteiger partial charge in [-0.3, -0.25) is 4.55 Å². The quantitative estimate of drug-likeness (QED) is 0.416. The first-order valence-electron chi connectivity index (χ1n) is 6.00. The molecule has 0 heterocycles. The van der Waals surface area contributed by atoms with Gasteiger partial charge in [-0.05, 0) is 23.5 Å². The molecule has 0 atom stereocenters. The third-order valence-corrected chi connectivity index (χ3v) is 3.40. The van der Waals surface area contributed by atoms with Crippen molar-refractivity contribution in [2.24, 2.45) is 0 Å². The third kappa shape index (κ3) is 6.45. The Bertz CT molecular complexity index is 534. The van der Waals surface area contributed by atoms with Crippen molar-refractivity contribution in [1.29, 1.82) is 0 Å². The molecule has 0 aliphatic heterocycles. The van der Waals surface area contributed by atoms with Crippen molar-refractivity contribution in [3.63, 3.8) is 0 Å². The van der Waals surface area contributed by atoms with E-state index in [0.717, 1.165) is 0 Å². The van der Waals surface area contributed by atoms with Crippen molar-refractivity contribution in [2.75, 3.05) is 12.4 Å². The molecule has 20 heavy (non-hydrogen) atoms. The van der Waals surface area contributed by atoms with Crippen LogP contribution in [-0.2, 0) is 15.5 Å². The van der Waals surface area contributed by atoms with Crippen molar-refractivity contribution >= 4 is 10.1 Å². The molecule has 0 amide bonds. The maximum Gasteiger partial charge on any atom is 1.00 e. The summed E-state index contributed by atoms with van der Waals surface area (Å²) in [5.41, 5.74) is 0.380. The molecule has 0 saturated heterocycles. The second kappa shape index (κ2) is 7.66. The summed E-state index contributed by atoms with van der Waals surface area (Å²) in [6.07, 6.45) is 0.137. The summed E-state index contributed by atoms with van der Waals surface area (Å²) in [6, 6.07) is 5.05. The molecule has 0 aliphatic rings. The van der Waals surface area contributed by atoms with Crippen LogP contribution in [0, 0.1) is 0 Å². The molecule has 0 spiro atoms. The van der Waals surface area contributed by atoms with E-state index in [1.165, 1.54) is 0 Å². The zero-order valence-electron chi connectivity index (χ0n) is 12.3. The molecule has 0 unspecified atom stereocenters. The standard InChI is InChI=1S/C13H20O5S.Na/c1-13(2,3)10-6-4-7-11(12(10)14)18-8-5-9-19(15,16)17;/h4,6-7,14H,5,8-9H2,1-3H3,(H,15,16,17);/q;+1/p-1. The molecule has 0 radical (unpaired) electrons. The predicted octanol–water partition coefficient (Wildman–Crippen LogP) is -1.28. The Morgan fingerprint density at radius 3 is 2.40 bits per heavy atom. The second-order valence-corrected chi connectivity index (χ2v) is 6.94. The van der Waals surface area contributed by atoms with E-state index in [9.17, 15) is 13.5 Å². The maximum atomic E-state index is 12.1. The summed E-state index contributed by atoms with van der Waals surface area (Å²) in [4.78, 5) is 0. The van der Waals surface area contributed by atoms with Crippen molar-refractivity contribution in [2.45, 2.75) is 32.6 Å². The fourth-order valence-corrected chi connectivity index (χ4v) is 2.13. The summed E-state index contributed by atoms with van der Waals surface area (Å²) in [7, 11) is -3.98. The smallest absolute Gasteiger partial charge is 0.870 e. The molecule has 5 nitrogen and oxygen atoms in total. The van der Waals surface area contributed by atoms with E-state index in [0.29, 0.717) is 5.56 Å². The number of ether oxygens (including phenoxy) is 1. The molecule has 7 heteroatoms. The van der Waals surface area contributed by atoms with Gasteiger partial charge >= 0.3 is 29.6 Å². The van der Waals surface area contributed by atoms with Gasteiger partial charge in [-0.2, -0.15) is 8.42 Å². The van der Waals surface area contributed by atoms with Gasteiger partial charge in [0.05, 0.1) is 12.4 Å². The number of para-hydroxylation sites is 1. The average Bonchev–Trinajstić information content (AvgIpc) is 2.23. The third-order valence-electron chi connectivity index (χ3n) is 2.59. The van der Waals surface area contributed by atoms with Crippen molar-refractivity contribution in [3.05, 3.63) is 23.8 Å². The molecule has 1 aromatic carbocycles. The van der Waals surface area contributed by atoms with Crippen LogP contribution in [0.1, 0.15) is 32.8 Å². The molecular formula is C13H19NaO5S. The van der Waals surface area contributed by atoms with Crippen molar-refractivity contribution in [3.8, 4) is 11.5 Å². The van der Waals surface area contributed by atoms with E-state index in [-0.39, 0.29) is 65.3 Å². The molecule has 0 saturated carbocycles. The van der Waals surface area contributed by atoms with Gasteiger partial charge in [-0.25, -0.2) is 0 Å². The van der Waals surface area contributed by atoms with Crippen molar-refractivity contribution < 1.29 is 52.4 Å². The van der Waals surface area contributed by atoms with Gasteiger partial charge in [0, 0.05) is 0 Å². The van der Waals surface area contributed by atoms with Crippen LogP contribution < -0.4 is 39.4 Å². The SMILES string of the molecule is CC(C)(C)c1cccc(OCCCS(=O)(=O)O)c1[O-].[Na+]. The van der Waals surface area contributed by atoms with Crippen LogP contribution in [-0.4, -0.2) is 25.3 Å². The minimum absolute atomic E-state index is 0. The largest absolute Gasteiger partial charge is 1.00 e. The molecule has 1 N–H and O–H groups in total. The van der Waals surface area contributed by atoms with E-state index >= 15 is 0 Å². The summed E-state index contributed by atoms with van der Waals surface area (Å²) in [5.74, 6) is -0.343. The fraction of sp³-hybridized carbons (Fsp3) is 0.538. The maximum absolute atomic E-state index is 12.1. The topological polar surface area (TPSA) is 86.7 Å². The number of hydrogen-bond donors (Lipinski definition) is 1. The zero-order chi connectivity index (χ0) is 14.7. The van der Waals surface area contributed by atoms with Gasteiger partial charge in [-0.15, -0.1) is 0 Å². The Balaban J connectivity index is 0.00000361. The van der Waals surface area contributed by atoms with Gasteiger partial charge in [0.1, 0.15) is 5.75 Å². The zero-order valence-corrected chi connectivity index (χ0v) is 15.2. The summed E-state index contributed by atoms with van der Waals surface area (Å²) >= 11 is 0. The van der Waals surface area contributed by atoms with Crippen LogP contribution >= 0.6 is 0 Å². The Labute approximate surface area is 142 Å². The average molecular weight is 310 g/mol. The fourth-order valence-electron chi connectivity index (χ4n) is 1.64. The predicted molar refractivity (Wildman–Crippen MR) is 71.1 cm³/mol. The van der Waals surface area contributed by atoms with Crippen LogP contribution in [0.25, 0.3) is 0 Å². The van der Waals surface area contributed by atoms with E-state index < -0.39 is 10.1 Å². The molecule has 0 aliphatic carbocycles. The van der Waals surface area contributed by atoms with Crippen LogP contribution in [0.5, 0.6) is 11.5 Å². The van der Waals surface area contributed by atoms with E-state index in [2.05, 4.69) is 0 Å². The summed E-state index contributed by atoms with van der Waals surface area (Å²) < 4.78 is 34.9. The molecule has 1 rings (SSSR count). The van der Waals surface area contributed by atoms with Crippen LogP contribution in [0.3, 0.4) is 0 Å². The first-order valence-corrected chi connectivity index (χ1v) is 7.60. The molecule has 108 valence electrons. The van der Waals surface area contributed by atoms with Crippen LogP contribution in [0.4, 0.5) is 0 Å². The molecule has 1 aromatic rings. The summed E-state index contributed by atoms with van der Waals surface area (Å²) in [6.45, 7) is 5.88. The minimum atomic E-state index is -3.98. The number of benzene rings is 1. The Morgan fingerprint density at radius 1 is 1.30 bits per heavy atom. The summed E-state index contributed by atoms with van der Waals surface area (Å²) in [5, 5.41) is 12.1. The number of rotatable bonds is 5. The molecule has 0 bridgehead atoms. The van der Waals surface area contributed by atoms with Crippen LogP contribution in [0.15, 0.2) is 18.2 Å². The van der Waals surface area contributed by atoms with Gasteiger partial charge in [0.2, 0.25) is 0 Å². The van der Waals surface area contributed by atoms with Gasteiger partial charge in [-0.1, -0.05) is 38.7 Å². The molecule has 0 aromatic heterocycles. The first-order chi connectivity index (χ1) is 8.61. The van der Waals surface area contributed by atoms with Gasteiger partial charge in [0.15, 0.2) is 0 Å². The minimum Gasteiger partial charge on any atom is -0.870 e. The molecule has 0 fully saturated rings. The number of hydrogen-bond acceptors (Lipinski definition) is 4. The molecular weight excluding hydrogens is 291 g/mol. The van der Waals surface area contributed by atoms with Crippen LogP contribution in [0.2, 0.25) is 0 Å². The van der Waals surface area contributed by atoms with Crippen molar-refractivity contribution in [1.82, 2.24) is 0 Å². The van der Waals surface area contributed by atoms with Gasteiger partial charge < -0.3 is 9.84 Å². The van der Waals surface area contributed by atoms with E-state index in [1.807, 2.05) is 20.8 Å². The van der Waals surface area contributed by atoms with Gasteiger partial charge in [0.25, 0.3) is 10.1 Å². The Morgan fingerprint density at radius 2 is 1.90 bits per heavy atom.